The molecule has 0 spiro atoms. The van der Waals surface area contributed by atoms with Gasteiger partial charge < -0.3 is 10.0 Å². The maximum atomic E-state index is 12.3. The summed E-state index contributed by atoms with van der Waals surface area (Å²) in [6.07, 6.45) is 5.52. The molecule has 1 aromatic carbocycles. The van der Waals surface area contributed by atoms with Crippen molar-refractivity contribution in [3.8, 4) is 0 Å². The van der Waals surface area contributed by atoms with E-state index in [1.807, 2.05) is 17.0 Å². The average Bonchev–Trinajstić information content (AvgIpc) is 3.22. The van der Waals surface area contributed by atoms with Gasteiger partial charge >= 0.3 is 5.97 Å². The molecule has 0 saturated carbocycles. The molecule has 7 heteroatoms. The summed E-state index contributed by atoms with van der Waals surface area (Å²) < 4.78 is 1.68. The standard InChI is InChI=1S/C18H20ClN3O3/c19-16-10-20-22(12-16)8-6-17(23)21-7-5-14(11-21)9-13-1-3-15(4-2-13)18(24)25/h1-4,10,12,14H,5-9,11H2,(H,24,25)/t14-/m1/s1. The number of carboxylic acids is 1. The number of hydrogen-bond acceptors (Lipinski definition) is 3. The Labute approximate surface area is 151 Å². The molecule has 1 aliphatic heterocycles. The van der Waals surface area contributed by atoms with Gasteiger partial charge in [-0.2, -0.15) is 5.10 Å². The number of carbonyl (C=O) groups excluding carboxylic acids is 1. The molecule has 25 heavy (non-hydrogen) atoms. The van der Waals surface area contributed by atoms with E-state index in [1.165, 1.54) is 0 Å². The van der Waals surface area contributed by atoms with E-state index in [0.717, 1.165) is 31.5 Å². The van der Waals surface area contributed by atoms with Gasteiger partial charge in [0.15, 0.2) is 0 Å². The summed E-state index contributed by atoms with van der Waals surface area (Å²) in [5, 5.41) is 13.6. The van der Waals surface area contributed by atoms with Crippen molar-refractivity contribution < 1.29 is 14.7 Å². The Balaban J connectivity index is 1.47. The number of carboxylic acid groups (broad SMARTS) is 1. The predicted molar refractivity (Wildman–Crippen MR) is 93.6 cm³/mol. The smallest absolute Gasteiger partial charge is 0.335 e. The Kier molecular flexibility index (Phi) is 5.38. The Hall–Kier alpha value is -2.34. The SMILES string of the molecule is O=C(O)c1ccc(C[C@H]2CCN(C(=O)CCn3cc(Cl)cn3)C2)cc1. The molecule has 1 fully saturated rings. The number of amides is 1. The van der Waals surface area contributed by atoms with Crippen LogP contribution in [0.2, 0.25) is 5.02 Å². The zero-order chi connectivity index (χ0) is 17.8. The molecule has 2 heterocycles. The van der Waals surface area contributed by atoms with E-state index in [0.29, 0.717) is 29.5 Å². The fourth-order valence-electron chi connectivity index (χ4n) is 3.17. The van der Waals surface area contributed by atoms with Crippen LogP contribution in [0.5, 0.6) is 0 Å². The molecule has 2 aromatic rings. The Morgan fingerprint density at radius 2 is 2.04 bits per heavy atom. The van der Waals surface area contributed by atoms with Gasteiger partial charge in [-0.05, 0) is 36.5 Å². The van der Waals surface area contributed by atoms with E-state index in [-0.39, 0.29) is 5.91 Å². The third-order valence-electron chi connectivity index (χ3n) is 4.52. The van der Waals surface area contributed by atoms with Crippen molar-refractivity contribution >= 4 is 23.5 Å². The molecular weight excluding hydrogens is 342 g/mol. The van der Waals surface area contributed by atoms with E-state index in [4.69, 9.17) is 16.7 Å². The number of carbonyl (C=O) groups is 2. The average molecular weight is 362 g/mol. The summed E-state index contributed by atoms with van der Waals surface area (Å²) in [6, 6.07) is 6.97. The lowest BCUT2D eigenvalue weighted by Crippen LogP contribution is -2.29. The quantitative estimate of drug-likeness (QED) is 0.858. The van der Waals surface area contributed by atoms with Gasteiger partial charge in [-0.25, -0.2) is 4.79 Å². The number of likely N-dealkylation sites (tertiary alicyclic amines) is 1. The first-order valence-electron chi connectivity index (χ1n) is 8.29. The maximum absolute atomic E-state index is 12.3. The Bertz CT molecular complexity index is 757. The summed E-state index contributed by atoms with van der Waals surface area (Å²) in [5.74, 6) is -0.364. The number of aromatic nitrogens is 2. The molecule has 0 radical (unpaired) electrons. The molecule has 1 aliphatic rings. The molecule has 0 bridgehead atoms. The van der Waals surface area contributed by atoms with Crippen LogP contribution in [-0.2, 0) is 17.8 Å². The molecule has 6 nitrogen and oxygen atoms in total. The van der Waals surface area contributed by atoms with E-state index in [2.05, 4.69) is 5.10 Å². The highest BCUT2D eigenvalue weighted by molar-refractivity contribution is 6.30. The van der Waals surface area contributed by atoms with E-state index in [1.54, 1.807) is 29.2 Å². The second-order valence-corrected chi connectivity index (χ2v) is 6.81. The van der Waals surface area contributed by atoms with Crippen molar-refractivity contribution in [3.63, 3.8) is 0 Å². The molecular formula is C18H20ClN3O3. The second kappa shape index (κ2) is 7.70. The summed E-state index contributed by atoms with van der Waals surface area (Å²) >= 11 is 5.81. The Morgan fingerprint density at radius 1 is 1.28 bits per heavy atom. The largest absolute Gasteiger partial charge is 0.478 e. The molecule has 0 aliphatic carbocycles. The number of halogens is 1. The predicted octanol–water partition coefficient (Wildman–Crippen LogP) is 2.72. The molecule has 1 amide bonds. The molecule has 1 aromatic heterocycles. The van der Waals surface area contributed by atoms with Gasteiger partial charge in [0, 0.05) is 32.3 Å². The van der Waals surface area contributed by atoms with Gasteiger partial charge in [-0.3, -0.25) is 9.48 Å². The third kappa shape index (κ3) is 4.60. The summed E-state index contributed by atoms with van der Waals surface area (Å²) in [6.45, 7) is 2.05. The van der Waals surface area contributed by atoms with Crippen LogP contribution in [0, 0.1) is 5.92 Å². The highest BCUT2D eigenvalue weighted by Crippen LogP contribution is 2.22. The number of aryl methyl sites for hydroxylation is 1. The lowest BCUT2D eigenvalue weighted by atomic mass is 9.98. The van der Waals surface area contributed by atoms with Crippen LogP contribution in [0.1, 0.15) is 28.8 Å². The van der Waals surface area contributed by atoms with Crippen LogP contribution >= 0.6 is 11.6 Å². The lowest BCUT2D eigenvalue weighted by molar-refractivity contribution is -0.130. The molecule has 132 valence electrons. The summed E-state index contributed by atoms with van der Waals surface area (Å²) in [5.41, 5.74) is 1.40. The maximum Gasteiger partial charge on any atom is 0.335 e. The first kappa shape index (κ1) is 17.5. The first-order chi connectivity index (χ1) is 12.0. The lowest BCUT2D eigenvalue weighted by Gasteiger charge is -2.16. The van der Waals surface area contributed by atoms with Crippen LogP contribution < -0.4 is 0 Å². The van der Waals surface area contributed by atoms with Gasteiger partial charge in [0.1, 0.15) is 0 Å². The minimum Gasteiger partial charge on any atom is -0.478 e. The van der Waals surface area contributed by atoms with Crippen molar-refractivity contribution in [2.24, 2.45) is 5.92 Å². The number of nitrogens with zero attached hydrogens (tertiary/aromatic N) is 3. The molecule has 0 unspecified atom stereocenters. The van der Waals surface area contributed by atoms with Crippen LogP contribution in [0.25, 0.3) is 0 Å². The van der Waals surface area contributed by atoms with Gasteiger partial charge in [0.2, 0.25) is 5.91 Å². The van der Waals surface area contributed by atoms with E-state index < -0.39 is 5.97 Å². The topological polar surface area (TPSA) is 75.4 Å². The second-order valence-electron chi connectivity index (χ2n) is 6.37. The number of aromatic carboxylic acids is 1. The van der Waals surface area contributed by atoms with Crippen molar-refractivity contribution in [2.45, 2.75) is 25.8 Å². The van der Waals surface area contributed by atoms with Gasteiger partial charge in [0.25, 0.3) is 0 Å². The van der Waals surface area contributed by atoms with Gasteiger partial charge in [-0.15, -0.1) is 0 Å². The highest BCUT2D eigenvalue weighted by atomic mass is 35.5. The van der Waals surface area contributed by atoms with Crippen LogP contribution in [0.4, 0.5) is 0 Å². The summed E-state index contributed by atoms with van der Waals surface area (Å²) in [4.78, 5) is 25.1. The zero-order valence-electron chi connectivity index (χ0n) is 13.8. The van der Waals surface area contributed by atoms with Crippen LogP contribution in [-0.4, -0.2) is 44.8 Å². The Morgan fingerprint density at radius 3 is 2.68 bits per heavy atom. The zero-order valence-corrected chi connectivity index (χ0v) is 14.5. The van der Waals surface area contributed by atoms with Gasteiger partial charge in [0.05, 0.1) is 16.8 Å². The molecule has 1 saturated heterocycles. The van der Waals surface area contributed by atoms with Crippen molar-refractivity contribution in [3.05, 3.63) is 52.8 Å². The van der Waals surface area contributed by atoms with Crippen molar-refractivity contribution in [2.75, 3.05) is 13.1 Å². The monoisotopic (exact) mass is 361 g/mol. The number of hydrogen-bond donors (Lipinski definition) is 1. The fourth-order valence-corrected chi connectivity index (χ4v) is 3.33. The molecule has 3 rings (SSSR count). The first-order valence-corrected chi connectivity index (χ1v) is 8.67. The van der Waals surface area contributed by atoms with E-state index in [9.17, 15) is 9.59 Å². The normalized spacial score (nSPS) is 17.0. The molecule has 1 atom stereocenters. The van der Waals surface area contributed by atoms with E-state index >= 15 is 0 Å². The van der Waals surface area contributed by atoms with Gasteiger partial charge in [-0.1, -0.05) is 23.7 Å². The molecule has 1 N–H and O–H groups in total. The van der Waals surface area contributed by atoms with Crippen molar-refractivity contribution in [1.82, 2.24) is 14.7 Å². The highest BCUT2D eigenvalue weighted by Gasteiger charge is 2.26. The minimum atomic E-state index is -0.914. The number of rotatable bonds is 6. The fraction of sp³-hybridized carbons (Fsp3) is 0.389. The summed E-state index contributed by atoms with van der Waals surface area (Å²) in [7, 11) is 0. The minimum absolute atomic E-state index is 0.135. The van der Waals surface area contributed by atoms with Crippen LogP contribution in [0.3, 0.4) is 0 Å². The third-order valence-corrected chi connectivity index (χ3v) is 4.72. The number of benzene rings is 1. The van der Waals surface area contributed by atoms with Crippen LogP contribution in [0.15, 0.2) is 36.7 Å². The van der Waals surface area contributed by atoms with Crippen molar-refractivity contribution in [1.29, 1.82) is 0 Å².